The van der Waals surface area contributed by atoms with Crippen molar-refractivity contribution in [2.45, 2.75) is 25.9 Å². The number of benzene rings is 1. The van der Waals surface area contributed by atoms with Crippen LogP contribution in [0, 0.1) is 0 Å². The highest BCUT2D eigenvalue weighted by Gasteiger charge is 2.23. The molecule has 0 aliphatic rings. The van der Waals surface area contributed by atoms with Gasteiger partial charge in [0, 0.05) is 15.6 Å². The SMILES string of the molecule is CCC(C)(O)c1ccc(Cl)cc1Cl. The number of halogens is 2. The molecule has 0 fully saturated rings. The van der Waals surface area contributed by atoms with Crippen molar-refractivity contribution in [1.82, 2.24) is 0 Å². The number of hydrogen-bond donors (Lipinski definition) is 1. The summed E-state index contributed by atoms with van der Waals surface area (Å²) in [6.45, 7) is 3.65. The van der Waals surface area contributed by atoms with E-state index in [2.05, 4.69) is 0 Å². The standard InChI is InChI=1S/C10H12Cl2O/c1-3-10(2,13)8-5-4-7(11)6-9(8)12/h4-6,13H,3H2,1-2H3. The van der Waals surface area contributed by atoms with E-state index in [4.69, 9.17) is 23.2 Å². The summed E-state index contributed by atoms with van der Waals surface area (Å²) in [6, 6.07) is 5.13. The van der Waals surface area contributed by atoms with Gasteiger partial charge >= 0.3 is 0 Å². The van der Waals surface area contributed by atoms with Crippen LogP contribution in [0.25, 0.3) is 0 Å². The predicted molar refractivity (Wildman–Crippen MR) is 56.3 cm³/mol. The first-order chi connectivity index (χ1) is 5.97. The van der Waals surface area contributed by atoms with Crippen LogP contribution in [0.2, 0.25) is 10.0 Å². The van der Waals surface area contributed by atoms with Crippen molar-refractivity contribution >= 4 is 23.2 Å². The molecule has 0 saturated heterocycles. The Bertz CT molecular complexity index is 308. The van der Waals surface area contributed by atoms with Crippen LogP contribution in [0.5, 0.6) is 0 Å². The maximum atomic E-state index is 9.94. The molecule has 0 saturated carbocycles. The molecule has 1 nitrogen and oxygen atoms in total. The lowest BCUT2D eigenvalue weighted by Gasteiger charge is -2.23. The Morgan fingerprint density at radius 2 is 2.00 bits per heavy atom. The fourth-order valence-electron chi connectivity index (χ4n) is 1.12. The molecule has 1 N–H and O–H groups in total. The van der Waals surface area contributed by atoms with Crippen LogP contribution in [0.4, 0.5) is 0 Å². The second kappa shape index (κ2) is 3.87. The Morgan fingerprint density at radius 1 is 1.38 bits per heavy atom. The van der Waals surface area contributed by atoms with Crippen molar-refractivity contribution in [3.63, 3.8) is 0 Å². The van der Waals surface area contributed by atoms with E-state index in [-0.39, 0.29) is 0 Å². The Balaban J connectivity index is 3.16. The lowest BCUT2D eigenvalue weighted by atomic mass is 9.93. The van der Waals surface area contributed by atoms with Crippen LogP contribution >= 0.6 is 23.2 Å². The largest absolute Gasteiger partial charge is 0.385 e. The monoisotopic (exact) mass is 218 g/mol. The Kier molecular flexibility index (Phi) is 3.23. The van der Waals surface area contributed by atoms with Gasteiger partial charge in [-0.05, 0) is 25.5 Å². The van der Waals surface area contributed by atoms with Crippen molar-refractivity contribution < 1.29 is 5.11 Å². The molecule has 0 aliphatic carbocycles. The first kappa shape index (κ1) is 10.8. The molecule has 1 rings (SSSR count). The Morgan fingerprint density at radius 3 is 2.46 bits per heavy atom. The van der Waals surface area contributed by atoms with Crippen LogP contribution in [0.1, 0.15) is 25.8 Å². The van der Waals surface area contributed by atoms with Crippen LogP contribution in [0.15, 0.2) is 18.2 Å². The Labute approximate surface area is 88.3 Å². The topological polar surface area (TPSA) is 20.2 Å². The molecular weight excluding hydrogens is 207 g/mol. The minimum absolute atomic E-state index is 0.513. The maximum absolute atomic E-state index is 9.94. The molecule has 72 valence electrons. The van der Waals surface area contributed by atoms with Crippen LogP contribution in [-0.4, -0.2) is 5.11 Å². The molecule has 3 heteroatoms. The summed E-state index contributed by atoms with van der Waals surface area (Å²) in [5.74, 6) is 0. The van der Waals surface area contributed by atoms with Gasteiger partial charge in [0.15, 0.2) is 0 Å². The molecule has 0 spiro atoms. The minimum Gasteiger partial charge on any atom is -0.385 e. The minimum atomic E-state index is -0.873. The highest BCUT2D eigenvalue weighted by Crippen LogP contribution is 2.32. The van der Waals surface area contributed by atoms with Gasteiger partial charge in [0.05, 0.1) is 5.60 Å². The Hall–Kier alpha value is -0.240. The van der Waals surface area contributed by atoms with E-state index in [0.29, 0.717) is 16.5 Å². The zero-order valence-electron chi connectivity index (χ0n) is 7.64. The van der Waals surface area contributed by atoms with Gasteiger partial charge in [0.25, 0.3) is 0 Å². The molecule has 0 aliphatic heterocycles. The number of aliphatic hydroxyl groups is 1. The zero-order valence-corrected chi connectivity index (χ0v) is 9.15. The highest BCUT2D eigenvalue weighted by atomic mass is 35.5. The van der Waals surface area contributed by atoms with E-state index in [1.807, 2.05) is 6.92 Å². The van der Waals surface area contributed by atoms with Gasteiger partial charge in [-0.2, -0.15) is 0 Å². The second-order valence-corrected chi connectivity index (χ2v) is 4.10. The van der Waals surface area contributed by atoms with Gasteiger partial charge < -0.3 is 5.11 Å². The van der Waals surface area contributed by atoms with Crippen molar-refractivity contribution in [2.75, 3.05) is 0 Å². The maximum Gasteiger partial charge on any atom is 0.0880 e. The van der Waals surface area contributed by atoms with Crippen molar-refractivity contribution in [2.24, 2.45) is 0 Å². The number of rotatable bonds is 2. The molecule has 0 radical (unpaired) electrons. The molecule has 0 bridgehead atoms. The lowest BCUT2D eigenvalue weighted by Crippen LogP contribution is -2.19. The summed E-state index contributed by atoms with van der Waals surface area (Å²) in [7, 11) is 0. The van der Waals surface area contributed by atoms with Crippen LogP contribution < -0.4 is 0 Å². The summed E-state index contributed by atoms with van der Waals surface area (Å²) in [5.41, 5.74) is -0.150. The quantitative estimate of drug-likeness (QED) is 0.805. The number of hydrogen-bond acceptors (Lipinski definition) is 1. The lowest BCUT2D eigenvalue weighted by molar-refractivity contribution is 0.0532. The molecule has 0 aromatic heterocycles. The van der Waals surface area contributed by atoms with E-state index in [1.54, 1.807) is 25.1 Å². The van der Waals surface area contributed by atoms with E-state index in [0.717, 1.165) is 5.56 Å². The van der Waals surface area contributed by atoms with Crippen molar-refractivity contribution in [3.8, 4) is 0 Å². The molecule has 1 unspecified atom stereocenters. The summed E-state index contributed by atoms with van der Waals surface area (Å²) >= 11 is 11.7. The summed E-state index contributed by atoms with van der Waals surface area (Å²) in [6.07, 6.45) is 0.619. The van der Waals surface area contributed by atoms with Gasteiger partial charge in [-0.1, -0.05) is 36.2 Å². The first-order valence-corrected chi connectivity index (χ1v) is 4.91. The van der Waals surface area contributed by atoms with Gasteiger partial charge in [0.2, 0.25) is 0 Å². The van der Waals surface area contributed by atoms with Crippen molar-refractivity contribution in [3.05, 3.63) is 33.8 Å². The summed E-state index contributed by atoms with van der Waals surface area (Å²) in [5, 5.41) is 11.0. The predicted octanol–water partition coefficient (Wildman–Crippen LogP) is 3.61. The average Bonchev–Trinajstić information content (AvgIpc) is 2.03. The average molecular weight is 219 g/mol. The fourth-order valence-corrected chi connectivity index (χ4v) is 1.73. The van der Waals surface area contributed by atoms with Crippen molar-refractivity contribution in [1.29, 1.82) is 0 Å². The van der Waals surface area contributed by atoms with Gasteiger partial charge in [-0.15, -0.1) is 0 Å². The highest BCUT2D eigenvalue weighted by molar-refractivity contribution is 6.35. The molecule has 13 heavy (non-hydrogen) atoms. The summed E-state index contributed by atoms with van der Waals surface area (Å²) < 4.78 is 0. The van der Waals surface area contributed by atoms with E-state index in [9.17, 15) is 5.11 Å². The molecule has 1 aromatic rings. The van der Waals surface area contributed by atoms with Gasteiger partial charge in [-0.25, -0.2) is 0 Å². The first-order valence-electron chi connectivity index (χ1n) is 4.15. The third kappa shape index (κ3) is 2.37. The normalized spacial score (nSPS) is 15.5. The molecule has 0 amide bonds. The van der Waals surface area contributed by atoms with E-state index in [1.165, 1.54) is 0 Å². The smallest absolute Gasteiger partial charge is 0.0880 e. The zero-order chi connectivity index (χ0) is 10.1. The molecule has 0 heterocycles. The van der Waals surface area contributed by atoms with Crippen LogP contribution in [0.3, 0.4) is 0 Å². The third-order valence-electron chi connectivity index (χ3n) is 2.20. The fraction of sp³-hybridized carbons (Fsp3) is 0.400. The van der Waals surface area contributed by atoms with Gasteiger partial charge in [0.1, 0.15) is 0 Å². The second-order valence-electron chi connectivity index (χ2n) is 3.25. The third-order valence-corrected chi connectivity index (χ3v) is 2.75. The van der Waals surface area contributed by atoms with E-state index >= 15 is 0 Å². The molecular formula is C10H12Cl2O. The van der Waals surface area contributed by atoms with Crippen LogP contribution in [-0.2, 0) is 5.60 Å². The molecule has 1 aromatic carbocycles. The summed E-state index contributed by atoms with van der Waals surface area (Å²) in [4.78, 5) is 0. The van der Waals surface area contributed by atoms with Gasteiger partial charge in [-0.3, -0.25) is 0 Å². The van der Waals surface area contributed by atoms with E-state index < -0.39 is 5.60 Å². The molecule has 1 atom stereocenters.